The zero-order valence-corrected chi connectivity index (χ0v) is 20.5. The summed E-state index contributed by atoms with van der Waals surface area (Å²) in [5, 5.41) is 3.00. The predicted molar refractivity (Wildman–Crippen MR) is 140 cm³/mol. The van der Waals surface area contributed by atoms with E-state index in [1.165, 1.54) is 35.9 Å². The molecule has 5 rings (SSSR count). The molecular weight excluding hydrogens is 462 g/mol. The standard InChI is InChI=1S/C27H27N3O2S2/c31-26-19-33-25-14-9-21(17-24(25)30(26)18-20-7-3-1-4-8-20)27(32)28-22-10-12-23(13-11-22)34-29-15-5-2-6-16-29/h1,3-4,7-14,17H,2,5-6,15-16,18-19H2,(H,28,32). The normalized spacial score (nSPS) is 16.2. The molecule has 2 amide bonds. The maximum absolute atomic E-state index is 13.0. The van der Waals surface area contributed by atoms with Crippen LogP contribution in [0.1, 0.15) is 35.2 Å². The van der Waals surface area contributed by atoms with Crippen molar-refractivity contribution in [2.75, 3.05) is 29.1 Å². The third-order valence-electron chi connectivity index (χ3n) is 6.01. The average molecular weight is 490 g/mol. The van der Waals surface area contributed by atoms with Gasteiger partial charge in [0.1, 0.15) is 0 Å². The molecule has 0 spiro atoms. The summed E-state index contributed by atoms with van der Waals surface area (Å²) in [5.74, 6) is 0.287. The van der Waals surface area contributed by atoms with Gasteiger partial charge in [0, 0.05) is 34.1 Å². The van der Waals surface area contributed by atoms with Crippen molar-refractivity contribution in [3.63, 3.8) is 0 Å². The smallest absolute Gasteiger partial charge is 0.255 e. The SMILES string of the molecule is O=C(Nc1ccc(SN2CCCCC2)cc1)c1ccc2c(c1)N(Cc1ccccc1)C(=O)CS2. The molecule has 5 nitrogen and oxygen atoms in total. The Morgan fingerprint density at radius 3 is 2.47 bits per heavy atom. The molecule has 0 unspecified atom stereocenters. The molecule has 0 bridgehead atoms. The minimum absolute atomic E-state index is 0.0562. The number of piperidine rings is 1. The Morgan fingerprint density at radius 1 is 0.941 bits per heavy atom. The van der Waals surface area contributed by atoms with Gasteiger partial charge in [-0.25, -0.2) is 4.31 Å². The number of nitrogens with one attached hydrogen (secondary N) is 1. The number of anilines is 2. The van der Waals surface area contributed by atoms with Crippen LogP contribution in [0.3, 0.4) is 0 Å². The molecule has 34 heavy (non-hydrogen) atoms. The third kappa shape index (κ3) is 5.49. The lowest BCUT2D eigenvalue weighted by Crippen LogP contribution is -2.35. The van der Waals surface area contributed by atoms with Crippen molar-refractivity contribution in [2.24, 2.45) is 0 Å². The first kappa shape index (κ1) is 23.0. The number of thioether (sulfide) groups is 1. The number of benzene rings is 3. The van der Waals surface area contributed by atoms with Crippen LogP contribution < -0.4 is 10.2 Å². The van der Waals surface area contributed by atoms with Crippen LogP contribution in [-0.4, -0.2) is 35.0 Å². The minimum Gasteiger partial charge on any atom is -0.322 e. The lowest BCUT2D eigenvalue weighted by molar-refractivity contribution is -0.116. The van der Waals surface area contributed by atoms with Crippen LogP contribution in [0.2, 0.25) is 0 Å². The van der Waals surface area contributed by atoms with Crippen LogP contribution in [0, 0.1) is 0 Å². The van der Waals surface area contributed by atoms with E-state index in [4.69, 9.17) is 0 Å². The van der Waals surface area contributed by atoms with E-state index in [0.29, 0.717) is 17.9 Å². The van der Waals surface area contributed by atoms with Crippen molar-refractivity contribution in [1.29, 1.82) is 0 Å². The molecule has 0 aliphatic carbocycles. The highest BCUT2D eigenvalue weighted by atomic mass is 32.2. The molecule has 3 aromatic rings. The number of fused-ring (bicyclic) bond motifs is 1. The molecule has 0 radical (unpaired) electrons. The Balaban J connectivity index is 1.28. The monoisotopic (exact) mass is 489 g/mol. The van der Waals surface area contributed by atoms with E-state index in [1.54, 1.807) is 16.8 Å². The van der Waals surface area contributed by atoms with Gasteiger partial charge in [-0.15, -0.1) is 11.8 Å². The zero-order valence-electron chi connectivity index (χ0n) is 18.9. The zero-order chi connectivity index (χ0) is 23.3. The van der Waals surface area contributed by atoms with Gasteiger partial charge in [0.25, 0.3) is 5.91 Å². The van der Waals surface area contributed by atoms with Crippen LogP contribution in [0.15, 0.2) is 82.6 Å². The van der Waals surface area contributed by atoms with E-state index >= 15 is 0 Å². The summed E-state index contributed by atoms with van der Waals surface area (Å²) >= 11 is 3.31. The van der Waals surface area contributed by atoms with E-state index in [1.807, 2.05) is 60.7 Å². The molecular formula is C27H27N3O2S2. The van der Waals surface area contributed by atoms with Crippen molar-refractivity contribution in [2.45, 2.75) is 35.6 Å². The third-order valence-corrected chi connectivity index (χ3v) is 8.16. The van der Waals surface area contributed by atoms with Gasteiger partial charge in [0.15, 0.2) is 0 Å². The molecule has 2 aliphatic heterocycles. The lowest BCUT2D eigenvalue weighted by atomic mass is 10.1. The fourth-order valence-corrected chi connectivity index (χ4v) is 6.10. The average Bonchev–Trinajstić information content (AvgIpc) is 2.88. The van der Waals surface area contributed by atoms with E-state index in [0.717, 1.165) is 34.9 Å². The second kappa shape index (κ2) is 10.7. The molecule has 0 aromatic heterocycles. The first-order valence-corrected chi connectivity index (χ1v) is 13.4. The maximum Gasteiger partial charge on any atom is 0.255 e. The second-order valence-electron chi connectivity index (χ2n) is 8.50. The van der Waals surface area contributed by atoms with Gasteiger partial charge >= 0.3 is 0 Å². The molecule has 7 heteroatoms. The molecule has 1 fully saturated rings. The van der Waals surface area contributed by atoms with Crippen LogP contribution in [0.25, 0.3) is 0 Å². The largest absolute Gasteiger partial charge is 0.322 e. The molecule has 0 atom stereocenters. The van der Waals surface area contributed by atoms with Crippen LogP contribution in [0.4, 0.5) is 11.4 Å². The Hall–Kier alpha value is -2.74. The van der Waals surface area contributed by atoms with Crippen LogP contribution in [-0.2, 0) is 11.3 Å². The number of hydrogen-bond acceptors (Lipinski definition) is 5. The van der Waals surface area contributed by atoms with Gasteiger partial charge in [0.05, 0.1) is 18.0 Å². The van der Waals surface area contributed by atoms with Crippen LogP contribution in [0.5, 0.6) is 0 Å². The van der Waals surface area contributed by atoms with Crippen LogP contribution >= 0.6 is 23.7 Å². The first-order valence-electron chi connectivity index (χ1n) is 11.6. The molecule has 1 N–H and O–H groups in total. The molecule has 3 aromatic carbocycles. The van der Waals surface area contributed by atoms with Gasteiger partial charge in [-0.3, -0.25) is 9.59 Å². The minimum atomic E-state index is -0.179. The summed E-state index contributed by atoms with van der Waals surface area (Å²) in [7, 11) is 0. The Bertz CT molecular complexity index is 1160. The highest BCUT2D eigenvalue weighted by Crippen LogP contribution is 2.37. The molecule has 1 saturated heterocycles. The predicted octanol–water partition coefficient (Wildman–Crippen LogP) is 6.07. The van der Waals surface area contributed by atoms with Crippen molar-refractivity contribution in [1.82, 2.24) is 4.31 Å². The fraction of sp³-hybridized carbons (Fsp3) is 0.259. The number of hydrogen-bond donors (Lipinski definition) is 1. The number of carbonyl (C=O) groups is 2. The molecule has 174 valence electrons. The summed E-state index contributed by atoms with van der Waals surface area (Å²) in [6, 6.07) is 23.5. The number of rotatable bonds is 6. The molecule has 2 aliphatic rings. The van der Waals surface area contributed by atoms with E-state index in [9.17, 15) is 9.59 Å². The molecule has 2 heterocycles. The first-order chi connectivity index (χ1) is 16.7. The Labute approximate surface area is 209 Å². The Kier molecular flexibility index (Phi) is 7.23. The summed E-state index contributed by atoms with van der Waals surface area (Å²) in [5.41, 5.74) is 3.16. The van der Waals surface area contributed by atoms with Gasteiger partial charge in [0.2, 0.25) is 5.91 Å². The highest BCUT2D eigenvalue weighted by Gasteiger charge is 2.26. The fourth-order valence-electron chi connectivity index (χ4n) is 4.19. The Morgan fingerprint density at radius 2 is 1.71 bits per heavy atom. The van der Waals surface area contributed by atoms with Gasteiger partial charge < -0.3 is 10.2 Å². The summed E-state index contributed by atoms with van der Waals surface area (Å²) < 4.78 is 2.41. The van der Waals surface area contributed by atoms with Gasteiger partial charge in [-0.1, -0.05) is 36.8 Å². The number of amides is 2. The van der Waals surface area contributed by atoms with Crippen molar-refractivity contribution >= 4 is 46.9 Å². The number of carbonyl (C=O) groups excluding carboxylic acids is 2. The van der Waals surface area contributed by atoms with Gasteiger partial charge in [-0.2, -0.15) is 0 Å². The quantitative estimate of drug-likeness (QED) is 0.426. The summed E-state index contributed by atoms with van der Waals surface area (Å²) in [6.45, 7) is 2.75. The second-order valence-corrected chi connectivity index (χ2v) is 10.7. The van der Waals surface area contributed by atoms with Crippen molar-refractivity contribution < 1.29 is 9.59 Å². The lowest BCUT2D eigenvalue weighted by Gasteiger charge is -2.29. The molecule has 0 saturated carbocycles. The van der Waals surface area contributed by atoms with E-state index in [-0.39, 0.29) is 11.8 Å². The summed E-state index contributed by atoms with van der Waals surface area (Å²) in [6.07, 6.45) is 3.84. The van der Waals surface area contributed by atoms with Crippen molar-refractivity contribution in [3.8, 4) is 0 Å². The topological polar surface area (TPSA) is 52.7 Å². The summed E-state index contributed by atoms with van der Waals surface area (Å²) in [4.78, 5) is 29.7. The van der Waals surface area contributed by atoms with Gasteiger partial charge in [-0.05, 0) is 72.8 Å². The highest BCUT2D eigenvalue weighted by molar-refractivity contribution is 8.00. The van der Waals surface area contributed by atoms with E-state index < -0.39 is 0 Å². The van der Waals surface area contributed by atoms with E-state index in [2.05, 4.69) is 21.8 Å². The van der Waals surface area contributed by atoms with Crippen molar-refractivity contribution in [3.05, 3.63) is 83.9 Å². The number of nitrogens with zero attached hydrogens (tertiary/aromatic N) is 2. The maximum atomic E-state index is 13.0.